The molecule has 2 aromatic rings. The normalized spacial score (nSPS) is 18.5. The van der Waals surface area contributed by atoms with E-state index >= 15 is 0 Å². The highest BCUT2D eigenvalue weighted by Crippen LogP contribution is 2.36. The van der Waals surface area contributed by atoms with E-state index in [2.05, 4.69) is 0 Å². The molecule has 0 N–H and O–H groups in total. The number of para-hydroxylation sites is 1. The minimum absolute atomic E-state index is 0.188. The zero-order valence-electron chi connectivity index (χ0n) is 16.4. The number of thiocarbonyl (C=S) groups is 1. The number of esters is 1. The van der Waals surface area contributed by atoms with Gasteiger partial charge < -0.3 is 14.2 Å². The molecule has 1 saturated heterocycles. The summed E-state index contributed by atoms with van der Waals surface area (Å²) in [5.41, 5.74) is 0.690. The molecule has 0 aliphatic carbocycles. The van der Waals surface area contributed by atoms with Crippen molar-refractivity contribution in [3.63, 3.8) is 0 Å². The molecule has 2 aromatic carbocycles. The first-order chi connectivity index (χ1) is 14.9. The first-order valence-electron chi connectivity index (χ1n) is 8.99. The molecule has 1 amide bonds. The Kier molecular flexibility index (Phi) is 5.62. The van der Waals surface area contributed by atoms with Crippen LogP contribution in [-0.2, 0) is 9.59 Å². The van der Waals surface area contributed by atoms with Crippen molar-refractivity contribution in [1.82, 2.24) is 4.90 Å². The Morgan fingerprint density at radius 2 is 1.77 bits per heavy atom. The molecule has 0 aromatic heterocycles. The molecule has 0 bridgehead atoms. The number of ketones is 1. The lowest BCUT2D eigenvalue weighted by molar-refractivity contribution is -0.130. The van der Waals surface area contributed by atoms with Gasteiger partial charge in [0, 0.05) is 6.20 Å². The van der Waals surface area contributed by atoms with Gasteiger partial charge in [-0.3, -0.25) is 14.5 Å². The molecular formula is C22H15NO6S2. The highest BCUT2D eigenvalue weighted by atomic mass is 32.2. The highest BCUT2D eigenvalue weighted by Gasteiger charge is 2.36. The van der Waals surface area contributed by atoms with Crippen molar-refractivity contribution in [2.75, 3.05) is 14.2 Å². The first kappa shape index (κ1) is 20.8. The van der Waals surface area contributed by atoms with Gasteiger partial charge in [0.15, 0.2) is 15.8 Å². The summed E-state index contributed by atoms with van der Waals surface area (Å²) in [4.78, 5) is 39.4. The summed E-state index contributed by atoms with van der Waals surface area (Å²) >= 11 is 6.36. The van der Waals surface area contributed by atoms with Crippen LogP contribution in [0.1, 0.15) is 15.9 Å². The van der Waals surface area contributed by atoms with Crippen LogP contribution in [0.15, 0.2) is 59.1 Å². The van der Waals surface area contributed by atoms with Crippen LogP contribution in [0.25, 0.3) is 6.08 Å². The van der Waals surface area contributed by atoms with Gasteiger partial charge in [-0.25, -0.2) is 4.79 Å². The number of hydrogen-bond acceptors (Lipinski definition) is 8. The maximum absolute atomic E-state index is 12.9. The molecule has 2 aliphatic heterocycles. The van der Waals surface area contributed by atoms with Gasteiger partial charge in [0.1, 0.15) is 11.3 Å². The molecule has 0 unspecified atom stereocenters. The number of nitrogens with zero attached hydrogens (tertiary/aromatic N) is 1. The van der Waals surface area contributed by atoms with Crippen LogP contribution in [-0.4, -0.2) is 41.1 Å². The van der Waals surface area contributed by atoms with E-state index in [0.29, 0.717) is 22.0 Å². The second-order valence-electron chi connectivity index (χ2n) is 6.42. The van der Waals surface area contributed by atoms with Crippen molar-refractivity contribution < 1.29 is 28.6 Å². The fourth-order valence-corrected chi connectivity index (χ4v) is 4.27. The van der Waals surface area contributed by atoms with E-state index in [4.69, 9.17) is 26.4 Å². The largest absolute Gasteiger partial charge is 0.493 e. The van der Waals surface area contributed by atoms with Crippen molar-refractivity contribution in [3.05, 3.63) is 70.3 Å². The third-order valence-corrected chi connectivity index (χ3v) is 5.92. The standard InChI is InChI=1S/C22H15NO6S2/c1-27-16-8-7-12(9-17(16)28-2)10-18-20(25)23(22(30)31-18)11-14-19(24)13-5-3-4-6-15(13)29-21(14)26/h3-11H,1-2H3/b14-11+,18-10+. The van der Waals surface area contributed by atoms with E-state index in [-0.39, 0.29) is 21.2 Å². The molecule has 0 spiro atoms. The van der Waals surface area contributed by atoms with Crippen LogP contribution in [0.2, 0.25) is 0 Å². The molecule has 0 saturated carbocycles. The zero-order chi connectivity index (χ0) is 22.1. The third-order valence-electron chi connectivity index (χ3n) is 4.59. The van der Waals surface area contributed by atoms with Gasteiger partial charge in [0.25, 0.3) is 5.91 Å². The molecule has 2 aliphatic rings. The lowest BCUT2D eigenvalue weighted by atomic mass is 10.0. The minimum Gasteiger partial charge on any atom is -0.493 e. The summed E-state index contributed by atoms with van der Waals surface area (Å²) in [7, 11) is 3.05. The number of rotatable bonds is 4. The monoisotopic (exact) mass is 453 g/mol. The molecule has 156 valence electrons. The molecule has 2 heterocycles. The van der Waals surface area contributed by atoms with E-state index < -0.39 is 17.7 Å². The number of carbonyl (C=O) groups is 3. The number of methoxy groups -OCH3 is 2. The Balaban J connectivity index is 1.64. The van der Waals surface area contributed by atoms with E-state index in [1.165, 1.54) is 20.3 Å². The quantitative estimate of drug-likeness (QED) is 0.228. The molecule has 1 fully saturated rings. The summed E-state index contributed by atoms with van der Waals surface area (Å²) in [5, 5.41) is 0. The van der Waals surface area contributed by atoms with Gasteiger partial charge in [-0.15, -0.1) is 0 Å². The highest BCUT2D eigenvalue weighted by molar-refractivity contribution is 8.26. The van der Waals surface area contributed by atoms with E-state index in [1.54, 1.807) is 42.5 Å². The van der Waals surface area contributed by atoms with Crippen molar-refractivity contribution >= 4 is 52.0 Å². The van der Waals surface area contributed by atoms with Crippen LogP contribution in [0.3, 0.4) is 0 Å². The second-order valence-corrected chi connectivity index (χ2v) is 8.10. The van der Waals surface area contributed by atoms with Gasteiger partial charge in [-0.1, -0.05) is 42.2 Å². The number of thioether (sulfide) groups is 1. The van der Waals surface area contributed by atoms with E-state index in [9.17, 15) is 14.4 Å². The lowest BCUT2D eigenvalue weighted by Crippen LogP contribution is -2.30. The summed E-state index contributed by atoms with van der Waals surface area (Å²) < 4.78 is 15.9. The number of carbonyl (C=O) groups excluding carboxylic acids is 3. The predicted molar refractivity (Wildman–Crippen MR) is 119 cm³/mol. The second kappa shape index (κ2) is 8.37. The maximum Gasteiger partial charge on any atom is 0.349 e. The van der Waals surface area contributed by atoms with Gasteiger partial charge in [-0.2, -0.15) is 0 Å². The average molecular weight is 453 g/mol. The fourth-order valence-electron chi connectivity index (χ4n) is 3.06. The smallest absolute Gasteiger partial charge is 0.349 e. The maximum atomic E-state index is 12.9. The third kappa shape index (κ3) is 3.85. The Hall–Kier alpha value is -3.43. The number of Topliss-reactive ketones (excluding diaryl/α,β-unsaturated/α-hetero) is 1. The van der Waals surface area contributed by atoms with Gasteiger partial charge in [0.2, 0.25) is 5.78 Å². The molecule has 7 nitrogen and oxygen atoms in total. The van der Waals surface area contributed by atoms with Gasteiger partial charge in [-0.05, 0) is 35.9 Å². The Morgan fingerprint density at radius 3 is 2.52 bits per heavy atom. The Morgan fingerprint density at radius 1 is 1.03 bits per heavy atom. The zero-order valence-corrected chi connectivity index (χ0v) is 18.0. The van der Waals surface area contributed by atoms with Gasteiger partial charge >= 0.3 is 5.97 Å². The van der Waals surface area contributed by atoms with Crippen molar-refractivity contribution in [2.45, 2.75) is 0 Å². The average Bonchev–Trinajstić information content (AvgIpc) is 3.03. The minimum atomic E-state index is -0.832. The molecule has 0 atom stereocenters. The summed E-state index contributed by atoms with van der Waals surface area (Å²) in [6.07, 6.45) is 2.80. The van der Waals surface area contributed by atoms with Crippen LogP contribution in [0.5, 0.6) is 17.2 Å². The fraction of sp³-hybridized carbons (Fsp3) is 0.0909. The van der Waals surface area contributed by atoms with E-state index in [0.717, 1.165) is 22.9 Å². The number of hydrogen-bond donors (Lipinski definition) is 0. The predicted octanol–water partition coefficient (Wildman–Crippen LogP) is 3.59. The molecule has 4 rings (SSSR count). The molecule has 9 heteroatoms. The van der Waals surface area contributed by atoms with Crippen molar-refractivity contribution in [3.8, 4) is 17.2 Å². The summed E-state index contributed by atoms with van der Waals surface area (Å²) in [6.45, 7) is 0. The molecular weight excluding hydrogens is 438 g/mol. The van der Waals surface area contributed by atoms with Crippen LogP contribution < -0.4 is 14.2 Å². The lowest BCUT2D eigenvalue weighted by Gasteiger charge is -2.18. The summed E-state index contributed by atoms with van der Waals surface area (Å²) in [6, 6.07) is 11.6. The molecule has 31 heavy (non-hydrogen) atoms. The SMILES string of the molecule is COc1ccc(/C=C2/SC(=S)N(/C=C3/C(=O)Oc4ccccc4C3=O)C2=O)cc1OC. The van der Waals surface area contributed by atoms with Gasteiger partial charge in [0.05, 0.1) is 24.7 Å². The topological polar surface area (TPSA) is 82.1 Å². The van der Waals surface area contributed by atoms with Crippen LogP contribution in [0, 0.1) is 0 Å². The molecule has 0 radical (unpaired) electrons. The van der Waals surface area contributed by atoms with Crippen LogP contribution in [0.4, 0.5) is 0 Å². The van der Waals surface area contributed by atoms with Crippen molar-refractivity contribution in [1.29, 1.82) is 0 Å². The number of ether oxygens (including phenoxy) is 3. The summed E-state index contributed by atoms with van der Waals surface area (Å²) in [5.74, 6) is -0.536. The first-order valence-corrected chi connectivity index (χ1v) is 10.2. The number of benzene rings is 2. The van der Waals surface area contributed by atoms with Crippen molar-refractivity contribution in [2.24, 2.45) is 0 Å². The van der Waals surface area contributed by atoms with Crippen LogP contribution >= 0.6 is 24.0 Å². The number of amides is 1. The Labute approximate surface area is 187 Å². The number of fused-ring (bicyclic) bond motifs is 1. The van der Waals surface area contributed by atoms with E-state index in [1.807, 2.05) is 0 Å². The Bertz CT molecular complexity index is 1200.